The number of rotatable bonds is 2. The van der Waals surface area contributed by atoms with Gasteiger partial charge in [0, 0.05) is 15.8 Å². The highest BCUT2D eigenvalue weighted by molar-refractivity contribution is 7.21. The Balaban J connectivity index is 1.45. The summed E-state index contributed by atoms with van der Waals surface area (Å²) in [4.78, 5) is 15.9. The van der Waals surface area contributed by atoms with Gasteiger partial charge in [-0.2, -0.15) is 0 Å². The molecule has 1 spiro atoms. The van der Waals surface area contributed by atoms with Crippen molar-refractivity contribution < 1.29 is 13.6 Å². The lowest BCUT2D eigenvalue weighted by atomic mass is 9.77. The zero-order valence-corrected chi connectivity index (χ0v) is 14.9. The summed E-state index contributed by atoms with van der Waals surface area (Å²) in [6, 6.07) is 3.08. The highest BCUT2D eigenvalue weighted by atomic mass is 32.1. The second kappa shape index (κ2) is 5.24. The van der Waals surface area contributed by atoms with Crippen molar-refractivity contribution in [3.8, 4) is 0 Å². The van der Waals surface area contributed by atoms with Crippen molar-refractivity contribution >= 4 is 27.3 Å². The molecule has 0 radical (unpaired) electrons. The predicted molar refractivity (Wildman–Crippen MR) is 94.0 cm³/mol. The minimum absolute atomic E-state index is 0.105. The van der Waals surface area contributed by atoms with Gasteiger partial charge in [-0.15, -0.1) is 11.3 Å². The van der Waals surface area contributed by atoms with Crippen LogP contribution in [0.2, 0.25) is 0 Å². The number of hydrogen-bond acceptors (Lipinski definition) is 3. The Morgan fingerprint density at radius 3 is 2.68 bits per heavy atom. The van der Waals surface area contributed by atoms with Crippen molar-refractivity contribution in [3.05, 3.63) is 34.2 Å². The molecule has 6 rings (SSSR count). The zero-order valence-electron chi connectivity index (χ0n) is 14.1. The van der Waals surface area contributed by atoms with Crippen LogP contribution in [0.5, 0.6) is 0 Å². The summed E-state index contributed by atoms with van der Waals surface area (Å²) in [5.41, 5.74) is 0.460. The van der Waals surface area contributed by atoms with Crippen molar-refractivity contribution in [2.75, 3.05) is 13.1 Å². The molecule has 1 aromatic heterocycles. The topological polar surface area (TPSA) is 32.3 Å². The van der Waals surface area contributed by atoms with E-state index in [1.807, 2.05) is 0 Å². The first-order valence-corrected chi connectivity index (χ1v) is 9.75. The second-order valence-corrected chi connectivity index (χ2v) is 8.76. The number of benzene rings is 1. The fraction of sp³-hybridized carbons (Fsp3) is 0.526. The predicted octanol–water partition coefficient (Wildman–Crippen LogP) is 3.84. The molecule has 1 N–H and O–H groups in total. The highest BCUT2D eigenvalue weighted by Gasteiger charge is 2.60. The van der Waals surface area contributed by atoms with E-state index in [0.717, 1.165) is 38.8 Å². The van der Waals surface area contributed by atoms with Crippen molar-refractivity contribution in [3.63, 3.8) is 0 Å². The molecule has 4 aliphatic rings. The summed E-state index contributed by atoms with van der Waals surface area (Å²) < 4.78 is 28.1. The lowest BCUT2D eigenvalue weighted by Crippen LogP contribution is -2.65. The van der Waals surface area contributed by atoms with E-state index in [2.05, 4.69) is 10.2 Å². The normalized spacial score (nSPS) is 29.3. The summed E-state index contributed by atoms with van der Waals surface area (Å²) in [7, 11) is 0. The van der Waals surface area contributed by atoms with E-state index in [0.29, 0.717) is 20.9 Å². The Kier molecular flexibility index (Phi) is 3.29. The van der Waals surface area contributed by atoms with Crippen LogP contribution in [-0.4, -0.2) is 35.5 Å². The number of thiophene rings is 1. The van der Waals surface area contributed by atoms with Gasteiger partial charge < -0.3 is 5.32 Å². The van der Waals surface area contributed by atoms with E-state index in [4.69, 9.17) is 0 Å². The third-order valence-corrected chi connectivity index (χ3v) is 7.68. The van der Waals surface area contributed by atoms with Crippen molar-refractivity contribution in [1.82, 2.24) is 10.2 Å². The average molecular weight is 362 g/mol. The quantitative estimate of drug-likeness (QED) is 0.880. The molecule has 3 aliphatic heterocycles. The van der Waals surface area contributed by atoms with Crippen molar-refractivity contribution in [2.24, 2.45) is 5.92 Å². The fourth-order valence-corrected chi connectivity index (χ4v) is 5.97. The van der Waals surface area contributed by atoms with Crippen LogP contribution in [0, 0.1) is 24.5 Å². The van der Waals surface area contributed by atoms with Gasteiger partial charge in [-0.3, -0.25) is 9.69 Å². The van der Waals surface area contributed by atoms with E-state index in [9.17, 15) is 13.6 Å². The molecular formula is C19H20F2N2OS. The van der Waals surface area contributed by atoms with Crippen LogP contribution in [0.3, 0.4) is 0 Å². The maximum absolute atomic E-state index is 13.8. The van der Waals surface area contributed by atoms with Crippen molar-refractivity contribution in [2.45, 2.75) is 44.2 Å². The highest BCUT2D eigenvalue weighted by Crippen LogP contribution is 2.53. The van der Waals surface area contributed by atoms with E-state index < -0.39 is 11.6 Å². The van der Waals surface area contributed by atoms with Crippen LogP contribution < -0.4 is 5.32 Å². The molecule has 4 fully saturated rings. The van der Waals surface area contributed by atoms with Gasteiger partial charge in [0.2, 0.25) is 0 Å². The number of carbonyl (C=O) groups excluding carboxylic acids is 1. The van der Waals surface area contributed by atoms with Crippen LogP contribution in [0.4, 0.5) is 8.78 Å². The van der Waals surface area contributed by atoms with Gasteiger partial charge in [0.15, 0.2) is 11.6 Å². The summed E-state index contributed by atoms with van der Waals surface area (Å²) in [5.74, 6) is -1.23. The van der Waals surface area contributed by atoms with Crippen LogP contribution in [0.15, 0.2) is 12.1 Å². The lowest BCUT2D eigenvalue weighted by Gasteiger charge is -2.52. The number of aryl methyl sites for hydroxylation is 1. The molecule has 1 amide bonds. The van der Waals surface area contributed by atoms with Gasteiger partial charge in [-0.05, 0) is 69.1 Å². The van der Waals surface area contributed by atoms with Gasteiger partial charge in [0.1, 0.15) is 0 Å². The fourth-order valence-electron chi connectivity index (χ4n) is 4.93. The van der Waals surface area contributed by atoms with Gasteiger partial charge >= 0.3 is 0 Å². The number of piperidine rings is 3. The Morgan fingerprint density at radius 1 is 1.28 bits per heavy atom. The molecular weight excluding hydrogens is 342 g/mol. The zero-order chi connectivity index (χ0) is 17.3. The minimum atomic E-state index is -0.857. The molecule has 132 valence electrons. The Bertz CT molecular complexity index is 881. The molecule has 0 unspecified atom stereocenters. The first-order chi connectivity index (χ1) is 12.0. The van der Waals surface area contributed by atoms with E-state index in [1.165, 1.54) is 17.4 Å². The van der Waals surface area contributed by atoms with Crippen molar-refractivity contribution in [1.29, 1.82) is 0 Å². The number of fused-ring (bicyclic) bond motifs is 3. The van der Waals surface area contributed by atoms with Gasteiger partial charge in [-0.25, -0.2) is 8.78 Å². The largest absolute Gasteiger partial charge is 0.346 e. The van der Waals surface area contributed by atoms with Gasteiger partial charge in [0.05, 0.1) is 10.9 Å². The first-order valence-electron chi connectivity index (χ1n) is 8.94. The average Bonchev–Trinajstić information content (AvgIpc) is 3.27. The number of hydrogen-bond donors (Lipinski definition) is 1. The number of amides is 1. The summed E-state index contributed by atoms with van der Waals surface area (Å²) in [6.45, 7) is 3.86. The molecule has 1 aromatic carbocycles. The maximum Gasteiger partial charge on any atom is 0.261 e. The lowest BCUT2D eigenvalue weighted by molar-refractivity contribution is -0.00138. The second-order valence-electron chi connectivity index (χ2n) is 7.71. The molecule has 1 saturated carbocycles. The number of carbonyl (C=O) groups is 1. The minimum Gasteiger partial charge on any atom is -0.346 e. The van der Waals surface area contributed by atoms with Gasteiger partial charge in [-0.1, -0.05) is 0 Å². The number of halogens is 2. The molecule has 3 nitrogen and oxygen atoms in total. The summed E-state index contributed by atoms with van der Waals surface area (Å²) in [5, 5.41) is 3.87. The van der Waals surface area contributed by atoms with Crippen LogP contribution in [-0.2, 0) is 0 Å². The molecule has 2 aromatic rings. The SMILES string of the molecule is Cc1c(F)c(F)cc2cc(C(=O)N[C@@H]3C4CCN(CC4)C34CC4)sc12. The van der Waals surface area contributed by atoms with E-state index in [1.54, 1.807) is 13.0 Å². The smallest absolute Gasteiger partial charge is 0.261 e. The summed E-state index contributed by atoms with van der Waals surface area (Å²) >= 11 is 1.25. The Morgan fingerprint density at radius 2 is 2.00 bits per heavy atom. The van der Waals surface area contributed by atoms with Crippen LogP contribution in [0.25, 0.3) is 10.1 Å². The third-order valence-electron chi connectivity index (χ3n) is 6.41. The molecule has 4 heterocycles. The molecule has 1 aliphatic carbocycles. The third kappa shape index (κ3) is 2.20. The maximum atomic E-state index is 13.8. The van der Waals surface area contributed by atoms with E-state index >= 15 is 0 Å². The Hall–Kier alpha value is -1.53. The molecule has 3 saturated heterocycles. The van der Waals surface area contributed by atoms with Crippen LogP contribution >= 0.6 is 11.3 Å². The molecule has 1 atom stereocenters. The molecule has 6 heteroatoms. The molecule has 25 heavy (non-hydrogen) atoms. The first kappa shape index (κ1) is 15.7. The number of nitrogens with zero attached hydrogens (tertiary/aromatic N) is 1. The van der Waals surface area contributed by atoms with E-state index in [-0.39, 0.29) is 23.1 Å². The molecule has 2 bridgehead atoms. The number of nitrogens with one attached hydrogen (secondary N) is 1. The van der Waals surface area contributed by atoms with Gasteiger partial charge in [0.25, 0.3) is 5.91 Å². The summed E-state index contributed by atoms with van der Waals surface area (Å²) in [6.07, 6.45) is 4.62. The van der Waals surface area contributed by atoms with Crippen LogP contribution in [0.1, 0.15) is 40.9 Å². The Labute approximate surface area is 149 Å². The monoisotopic (exact) mass is 362 g/mol. The standard InChI is InChI=1S/C19H20F2N2OS/c1-10-15(21)13(20)8-12-9-14(25-16(10)12)18(24)22-17-11-2-6-23(7-3-11)19(17)4-5-19/h8-9,11,17H,2-7H2,1H3,(H,22,24)/t17-/m1/s1.